The lowest BCUT2D eigenvalue weighted by molar-refractivity contribution is 0.268. The van der Waals surface area contributed by atoms with Gasteiger partial charge in [0.25, 0.3) is 0 Å². The second kappa shape index (κ2) is 6.55. The van der Waals surface area contributed by atoms with E-state index in [-0.39, 0.29) is 0 Å². The van der Waals surface area contributed by atoms with Crippen LogP contribution in [0.1, 0.15) is 72.6 Å². The van der Waals surface area contributed by atoms with Crippen molar-refractivity contribution in [1.29, 1.82) is 0 Å². The van der Waals surface area contributed by atoms with Crippen molar-refractivity contribution in [3.8, 4) is 0 Å². The zero-order chi connectivity index (χ0) is 11.3. The Balaban J connectivity index is 2.21. The van der Waals surface area contributed by atoms with Gasteiger partial charge in [-0.3, -0.25) is 0 Å². The van der Waals surface area contributed by atoms with E-state index in [1.807, 2.05) is 0 Å². The maximum Gasteiger partial charge on any atom is -0.0411 e. The van der Waals surface area contributed by atoms with Crippen LogP contribution in [0.5, 0.6) is 0 Å². The molecule has 0 aromatic carbocycles. The van der Waals surface area contributed by atoms with Crippen LogP contribution in [-0.4, -0.2) is 0 Å². The molecular formula is C15H30. The van der Waals surface area contributed by atoms with Gasteiger partial charge < -0.3 is 0 Å². The van der Waals surface area contributed by atoms with Crippen molar-refractivity contribution >= 4 is 0 Å². The van der Waals surface area contributed by atoms with Crippen LogP contribution in [0.2, 0.25) is 0 Å². The van der Waals surface area contributed by atoms with E-state index >= 15 is 0 Å². The highest BCUT2D eigenvalue weighted by Crippen LogP contribution is 2.38. The van der Waals surface area contributed by atoms with Crippen LogP contribution in [0.25, 0.3) is 0 Å². The van der Waals surface area contributed by atoms with Gasteiger partial charge in [0.1, 0.15) is 0 Å². The van der Waals surface area contributed by atoms with E-state index in [1.165, 1.54) is 44.9 Å². The molecule has 0 radical (unpaired) electrons. The lowest BCUT2D eigenvalue weighted by atomic mass is 9.82. The molecule has 0 amide bonds. The summed E-state index contributed by atoms with van der Waals surface area (Å²) in [6.45, 7) is 9.63. The molecule has 0 N–H and O–H groups in total. The van der Waals surface area contributed by atoms with Gasteiger partial charge in [-0.15, -0.1) is 0 Å². The molecule has 3 atom stereocenters. The largest absolute Gasteiger partial charge is 0.0654 e. The fourth-order valence-corrected chi connectivity index (χ4v) is 2.77. The summed E-state index contributed by atoms with van der Waals surface area (Å²) in [7, 11) is 0. The summed E-state index contributed by atoms with van der Waals surface area (Å²) in [5, 5.41) is 0. The fraction of sp³-hybridized carbons (Fsp3) is 1.00. The summed E-state index contributed by atoms with van der Waals surface area (Å²) in [4.78, 5) is 0. The van der Waals surface area contributed by atoms with E-state index in [4.69, 9.17) is 0 Å². The molecular weight excluding hydrogens is 180 g/mol. The first-order valence-corrected chi connectivity index (χ1v) is 7.17. The summed E-state index contributed by atoms with van der Waals surface area (Å²) in [5.74, 6) is 4.01. The second-order valence-electron chi connectivity index (χ2n) is 5.93. The third-order valence-electron chi connectivity index (χ3n) is 4.35. The standard InChI is InChI=1S/C15H30/c1-5-7-14(6-2)10-12(3)13(4)11-15-8-9-15/h12-15H,5-11H2,1-4H3. The first kappa shape index (κ1) is 13.1. The molecule has 0 bridgehead atoms. The minimum absolute atomic E-state index is 0.946. The molecule has 1 rings (SSSR count). The van der Waals surface area contributed by atoms with Gasteiger partial charge in [-0.2, -0.15) is 0 Å². The Hall–Kier alpha value is 0. The Bertz CT molecular complexity index is 157. The normalized spacial score (nSPS) is 22.4. The van der Waals surface area contributed by atoms with E-state index in [9.17, 15) is 0 Å². The molecule has 1 aliphatic rings. The van der Waals surface area contributed by atoms with Crippen molar-refractivity contribution < 1.29 is 0 Å². The number of hydrogen-bond donors (Lipinski definition) is 0. The summed E-state index contributed by atoms with van der Waals surface area (Å²) in [6.07, 6.45) is 10.2. The lowest BCUT2D eigenvalue weighted by Crippen LogP contribution is -2.13. The SMILES string of the molecule is CCCC(CC)CC(C)C(C)CC1CC1. The minimum Gasteiger partial charge on any atom is -0.0654 e. The van der Waals surface area contributed by atoms with Gasteiger partial charge in [-0.25, -0.2) is 0 Å². The number of rotatable bonds is 8. The monoisotopic (exact) mass is 210 g/mol. The Morgan fingerprint density at radius 2 is 1.73 bits per heavy atom. The molecule has 0 aliphatic heterocycles. The van der Waals surface area contributed by atoms with Crippen molar-refractivity contribution in [1.82, 2.24) is 0 Å². The van der Waals surface area contributed by atoms with Gasteiger partial charge >= 0.3 is 0 Å². The smallest absolute Gasteiger partial charge is 0.0411 e. The molecule has 0 heterocycles. The van der Waals surface area contributed by atoms with Crippen LogP contribution >= 0.6 is 0 Å². The van der Waals surface area contributed by atoms with Gasteiger partial charge in [-0.05, 0) is 36.5 Å². The van der Waals surface area contributed by atoms with Crippen molar-refractivity contribution in [2.24, 2.45) is 23.7 Å². The van der Waals surface area contributed by atoms with Crippen molar-refractivity contribution in [3.63, 3.8) is 0 Å². The van der Waals surface area contributed by atoms with E-state index in [0.717, 1.165) is 23.7 Å². The van der Waals surface area contributed by atoms with E-state index < -0.39 is 0 Å². The minimum atomic E-state index is 0.946. The molecule has 1 aliphatic carbocycles. The Labute approximate surface area is 96.8 Å². The first-order chi connectivity index (χ1) is 7.17. The fourth-order valence-electron chi connectivity index (χ4n) is 2.77. The Morgan fingerprint density at radius 1 is 1.07 bits per heavy atom. The van der Waals surface area contributed by atoms with Crippen LogP contribution in [0.4, 0.5) is 0 Å². The van der Waals surface area contributed by atoms with Gasteiger partial charge in [0.15, 0.2) is 0 Å². The maximum atomic E-state index is 2.48. The average Bonchev–Trinajstić information content (AvgIpc) is 3.00. The Kier molecular flexibility index (Phi) is 5.71. The zero-order valence-electron chi connectivity index (χ0n) is 11.3. The van der Waals surface area contributed by atoms with E-state index in [1.54, 1.807) is 0 Å². The predicted molar refractivity (Wildman–Crippen MR) is 69.0 cm³/mol. The van der Waals surface area contributed by atoms with Crippen LogP contribution in [0.3, 0.4) is 0 Å². The van der Waals surface area contributed by atoms with E-state index in [2.05, 4.69) is 27.7 Å². The summed E-state index contributed by atoms with van der Waals surface area (Å²) < 4.78 is 0. The molecule has 15 heavy (non-hydrogen) atoms. The van der Waals surface area contributed by atoms with Crippen molar-refractivity contribution in [2.45, 2.75) is 72.6 Å². The van der Waals surface area contributed by atoms with Gasteiger partial charge in [-0.1, -0.05) is 59.8 Å². The second-order valence-corrected chi connectivity index (χ2v) is 5.93. The summed E-state index contributed by atoms with van der Waals surface area (Å²) in [6, 6.07) is 0. The summed E-state index contributed by atoms with van der Waals surface area (Å²) >= 11 is 0. The average molecular weight is 210 g/mol. The third kappa shape index (κ3) is 5.04. The topological polar surface area (TPSA) is 0 Å². The molecule has 1 saturated carbocycles. The molecule has 90 valence electrons. The number of hydrogen-bond acceptors (Lipinski definition) is 0. The quantitative estimate of drug-likeness (QED) is 0.511. The predicted octanol–water partition coefficient (Wildman–Crippen LogP) is 5.28. The van der Waals surface area contributed by atoms with Crippen LogP contribution in [0, 0.1) is 23.7 Å². The zero-order valence-corrected chi connectivity index (χ0v) is 11.3. The highest BCUT2D eigenvalue weighted by molar-refractivity contribution is 4.78. The van der Waals surface area contributed by atoms with Gasteiger partial charge in [0.05, 0.1) is 0 Å². The van der Waals surface area contributed by atoms with Crippen LogP contribution in [0.15, 0.2) is 0 Å². The highest BCUT2D eigenvalue weighted by Gasteiger charge is 2.26. The molecule has 3 unspecified atom stereocenters. The molecule has 1 fully saturated rings. The maximum absolute atomic E-state index is 2.48. The summed E-state index contributed by atoms with van der Waals surface area (Å²) in [5.41, 5.74) is 0. The highest BCUT2D eigenvalue weighted by atomic mass is 14.3. The molecule has 0 saturated heterocycles. The van der Waals surface area contributed by atoms with Crippen LogP contribution in [-0.2, 0) is 0 Å². The van der Waals surface area contributed by atoms with Gasteiger partial charge in [0.2, 0.25) is 0 Å². The molecule has 0 aromatic heterocycles. The third-order valence-corrected chi connectivity index (χ3v) is 4.35. The molecule has 0 spiro atoms. The molecule has 0 aromatic rings. The Morgan fingerprint density at radius 3 is 2.20 bits per heavy atom. The van der Waals surface area contributed by atoms with Crippen LogP contribution < -0.4 is 0 Å². The van der Waals surface area contributed by atoms with Crippen molar-refractivity contribution in [2.75, 3.05) is 0 Å². The van der Waals surface area contributed by atoms with Crippen molar-refractivity contribution in [3.05, 3.63) is 0 Å². The first-order valence-electron chi connectivity index (χ1n) is 7.17. The molecule has 0 nitrogen and oxygen atoms in total. The van der Waals surface area contributed by atoms with E-state index in [0.29, 0.717) is 0 Å². The van der Waals surface area contributed by atoms with Gasteiger partial charge in [0, 0.05) is 0 Å². The molecule has 0 heteroatoms. The lowest BCUT2D eigenvalue weighted by Gasteiger charge is -2.24.